The van der Waals surface area contributed by atoms with Crippen LogP contribution in [-0.4, -0.2) is 42.9 Å². The van der Waals surface area contributed by atoms with Crippen molar-refractivity contribution in [3.8, 4) is 0 Å². The largest absolute Gasteiger partial charge is 0.382 e. The van der Waals surface area contributed by atoms with Gasteiger partial charge in [-0.15, -0.1) is 0 Å². The average Bonchev–Trinajstić information content (AvgIpc) is 1.85. The van der Waals surface area contributed by atoms with Crippen LogP contribution in [0.4, 0.5) is 0 Å². The van der Waals surface area contributed by atoms with E-state index in [-0.39, 0.29) is 12.8 Å². The van der Waals surface area contributed by atoms with Gasteiger partial charge < -0.3 is 19.3 Å². The van der Waals surface area contributed by atoms with Crippen LogP contribution in [0.5, 0.6) is 0 Å². The Bertz CT molecular complexity index is 131. The van der Waals surface area contributed by atoms with Crippen LogP contribution in [0.25, 0.3) is 0 Å². The lowest BCUT2D eigenvalue weighted by Gasteiger charge is -2.04. The smallest absolute Gasteiger partial charge is 0.327 e. The minimum absolute atomic E-state index is 0.0770. The molecule has 0 radical (unpaired) electrons. The zero-order valence-corrected chi connectivity index (χ0v) is 7.29. The van der Waals surface area contributed by atoms with Gasteiger partial charge in [0.1, 0.15) is 0 Å². The zero-order valence-electron chi connectivity index (χ0n) is 6.39. The fourth-order valence-corrected chi connectivity index (χ4v) is 0.795. The molecule has 0 unspecified atom stereocenters. The summed E-state index contributed by atoms with van der Waals surface area (Å²) >= 11 is 0. The maximum atomic E-state index is 10.2. The molecule has 0 aromatic carbocycles. The third kappa shape index (κ3) is 10.1. The molecule has 68 valence electrons. The van der Waals surface area contributed by atoms with Crippen molar-refractivity contribution in [3.63, 3.8) is 0 Å². The third-order valence-electron chi connectivity index (χ3n) is 0.959. The quantitative estimate of drug-likeness (QED) is 0.442. The highest BCUT2D eigenvalue weighted by molar-refractivity contribution is 7.51. The molecule has 0 atom stereocenters. The molecule has 0 amide bonds. The summed E-state index contributed by atoms with van der Waals surface area (Å²) in [6.45, 7) is 0.894. The lowest BCUT2D eigenvalue weighted by Crippen LogP contribution is -2.06. The molecule has 6 heteroatoms. The van der Waals surface area contributed by atoms with Crippen LogP contribution in [-0.2, 0) is 14.0 Å². The van der Waals surface area contributed by atoms with E-state index in [1.807, 2.05) is 0 Å². The average molecular weight is 184 g/mol. The molecule has 0 spiro atoms. The maximum Gasteiger partial charge on any atom is 0.327 e. The van der Waals surface area contributed by atoms with Crippen LogP contribution in [0.3, 0.4) is 0 Å². The van der Waals surface area contributed by atoms with Crippen LogP contribution >= 0.6 is 7.60 Å². The molecule has 0 heterocycles. The molecule has 0 rings (SSSR count). The molecule has 5 nitrogen and oxygen atoms in total. The summed E-state index contributed by atoms with van der Waals surface area (Å²) in [5.74, 6) is 0. The van der Waals surface area contributed by atoms with Crippen molar-refractivity contribution in [1.82, 2.24) is 0 Å². The number of ether oxygens (including phenoxy) is 2. The molecule has 0 aliphatic heterocycles. The van der Waals surface area contributed by atoms with Gasteiger partial charge in [0.2, 0.25) is 0 Å². The molecule has 0 bridgehead atoms. The second-order valence-electron chi connectivity index (χ2n) is 1.99. The molecule has 0 fully saturated rings. The number of methoxy groups -OCH3 is 1. The second kappa shape index (κ2) is 5.69. The predicted molar refractivity (Wildman–Crippen MR) is 39.6 cm³/mol. The summed E-state index contributed by atoms with van der Waals surface area (Å²) in [5.41, 5.74) is 0. The van der Waals surface area contributed by atoms with E-state index in [1.165, 1.54) is 7.11 Å². The monoisotopic (exact) mass is 184 g/mol. The summed E-state index contributed by atoms with van der Waals surface area (Å²) in [5, 5.41) is 0. The maximum absolute atomic E-state index is 10.2. The van der Waals surface area contributed by atoms with Gasteiger partial charge in [0.15, 0.2) is 0 Å². The Labute approximate surface area is 65.5 Å². The van der Waals surface area contributed by atoms with Crippen LogP contribution in [0, 0.1) is 0 Å². The normalized spacial score (nSPS) is 11.9. The Balaban J connectivity index is 3.09. The van der Waals surface area contributed by atoms with E-state index in [2.05, 4.69) is 4.74 Å². The van der Waals surface area contributed by atoms with Gasteiger partial charge >= 0.3 is 7.60 Å². The van der Waals surface area contributed by atoms with E-state index in [0.717, 1.165) is 0 Å². The summed E-state index contributed by atoms with van der Waals surface area (Å²) in [6, 6.07) is 0. The molecule has 0 aliphatic carbocycles. The lowest BCUT2D eigenvalue weighted by molar-refractivity contribution is 0.0771. The summed E-state index contributed by atoms with van der Waals surface area (Å²) in [7, 11) is -2.35. The van der Waals surface area contributed by atoms with Gasteiger partial charge in [0.25, 0.3) is 0 Å². The van der Waals surface area contributed by atoms with Gasteiger partial charge in [-0.25, -0.2) is 0 Å². The molecule has 0 aliphatic rings. The molecular weight excluding hydrogens is 171 g/mol. The molecule has 0 saturated heterocycles. The highest BCUT2D eigenvalue weighted by Gasteiger charge is 2.11. The van der Waals surface area contributed by atoms with Crippen LogP contribution in [0.1, 0.15) is 0 Å². The predicted octanol–water partition coefficient (Wildman–Crippen LogP) is -0.173. The lowest BCUT2D eigenvalue weighted by atomic mass is 10.7. The van der Waals surface area contributed by atoms with Crippen molar-refractivity contribution in [3.05, 3.63) is 0 Å². The number of hydrogen-bond acceptors (Lipinski definition) is 3. The first-order valence-corrected chi connectivity index (χ1v) is 4.97. The van der Waals surface area contributed by atoms with Gasteiger partial charge in [-0.1, -0.05) is 0 Å². The zero-order chi connectivity index (χ0) is 8.74. The van der Waals surface area contributed by atoms with Gasteiger partial charge in [0, 0.05) is 7.11 Å². The van der Waals surface area contributed by atoms with Crippen LogP contribution in [0.2, 0.25) is 0 Å². The Morgan fingerprint density at radius 3 is 2.36 bits per heavy atom. The van der Waals surface area contributed by atoms with E-state index in [9.17, 15) is 4.57 Å². The Kier molecular flexibility index (Phi) is 5.72. The van der Waals surface area contributed by atoms with Crippen molar-refractivity contribution in [1.29, 1.82) is 0 Å². The SMILES string of the molecule is COCCOCCP(=O)(O)O. The molecule has 2 N–H and O–H groups in total. The van der Waals surface area contributed by atoms with E-state index in [4.69, 9.17) is 14.5 Å². The first-order valence-electron chi connectivity index (χ1n) is 3.17. The van der Waals surface area contributed by atoms with Crippen LogP contribution < -0.4 is 0 Å². The molecule has 0 aromatic heterocycles. The van der Waals surface area contributed by atoms with Crippen molar-refractivity contribution < 1.29 is 23.8 Å². The minimum atomic E-state index is -3.88. The van der Waals surface area contributed by atoms with Gasteiger partial charge in [-0.05, 0) is 0 Å². The Morgan fingerprint density at radius 1 is 1.27 bits per heavy atom. The molecule has 0 aromatic rings. The van der Waals surface area contributed by atoms with Crippen molar-refractivity contribution in [2.24, 2.45) is 0 Å². The highest BCUT2D eigenvalue weighted by Crippen LogP contribution is 2.33. The first-order chi connectivity index (χ1) is 5.06. The van der Waals surface area contributed by atoms with E-state index in [0.29, 0.717) is 13.2 Å². The summed E-state index contributed by atoms with van der Waals surface area (Å²) in [4.78, 5) is 16.7. The Morgan fingerprint density at radius 2 is 1.91 bits per heavy atom. The van der Waals surface area contributed by atoms with Crippen molar-refractivity contribution in [2.45, 2.75) is 0 Å². The highest BCUT2D eigenvalue weighted by atomic mass is 31.2. The van der Waals surface area contributed by atoms with Crippen molar-refractivity contribution >= 4 is 7.60 Å². The number of rotatable bonds is 6. The molecular formula is C5H13O5P. The standard InChI is InChI=1S/C5H13O5P/c1-9-2-3-10-4-5-11(6,7)8/h2-5H2,1H3,(H2,6,7,8). The summed E-state index contributed by atoms with van der Waals surface area (Å²) < 4.78 is 19.7. The van der Waals surface area contributed by atoms with Gasteiger partial charge in [0.05, 0.1) is 26.0 Å². The van der Waals surface area contributed by atoms with Crippen LogP contribution in [0.15, 0.2) is 0 Å². The third-order valence-corrected chi connectivity index (χ3v) is 1.72. The molecule has 11 heavy (non-hydrogen) atoms. The van der Waals surface area contributed by atoms with E-state index < -0.39 is 7.60 Å². The first kappa shape index (κ1) is 11.1. The topological polar surface area (TPSA) is 76.0 Å². The van der Waals surface area contributed by atoms with Gasteiger partial charge in [-0.3, -0.25) is 4.57 Å². The minimum Gasteiger partial charge on any atom is -0.382 e. The van der Waals surface area contributed by atoms with Crippen molar-refractivity contribution in [2.75, 3.05) is 33.1 Å². The van der Waals surface area contributed by atoms with E-state index in [1.54, 1.807) is 0 Å². The van der Waals surface area contributed by atoms with Gasteiger partial charge in [-0.2, -0.15) is 0 Å². The Hall–Kier alpha value is 0.0700. The summed E-state index contributed by atoms with van der Waals surface area (Å²) in [6.07, 6.45) is -0.225. The fourth-order valence-electron chi connectivity index (χ4n) is 0.428. The fraction of sp³-hybridized carbons (Fsp3) is 1.00. The second-order valence-corrected chi connectivity index (χ2v) is 3.77. The number of hydrogen-bond donors (Lipinski definition) is 2. The molecule has 0 saturated carbocycles. The van der Waals surface area contributed by atoms with E-state index >= 15 is 0 Å².